The fraction of sp³-hybridized carbons (Fsp3) is 0.632. The topological polar surface area (TPSA) is 66.5 Å². The van der Waals surface area contributed by atoms with Crippen LogP contribution in [0.4, 0.5) is 5.69 Å². The molecular weight excluding hydrogens is 336 g/mol. The van der Waals surface area contributed by atoms with Crippen molar-refractivity contribution in [2.45, 2.75) is 65.5 Å². The van der Waals surface area contributed by atoms with Crippen LogP contribution in [-0.2, 0) is 16.4 Å². The fourth-order valence-electron chi connectivity index (χ4n) is 3.46. The van der Waals surface area contributed by atoms with E-state index in [1.54, 1.807) is 12.1 Å². The third-order valence-electron chi connectivity index (χ3n) is 4.65. The summed E-state index contributed by atoms with van der Waals surface area (Å²) in [5.41, 5.74) is 2.20. The Hall–Kier alpha value is -1.56. The monoisotopic (exact) mass is 366 g/mol. The average molecular weight is 367 g/mol. The van der Waals surface area contributed by atoms with Gasteiger partial charge in [0.1, 0.15) is 0 Å². The molecule has 1 aliphatic heterocycles. The van der Waals surface area contributed by atoms with Crippen molar-refractivity contribution in [3.05, 3.63) is 29.3 Å². The second-order valence-electron chi connectivity index (χ2n) is 7.65. The van der Waals surface area contributed by atoms with Gasteiger partial charge in [-0.25, -0.2) is 8.42 Å². The maximum atomic E-state index is 12.5. The molecule has 0 spiro atoms. The molecule has 1 aromatic carbocycles. The number of hydrogen-bond acceptors (Lipinski definition) is 3. The minimum atomic E-state index is -3.30. The summed E-state index contributed by atoms with van der Waals surface area (Å²) >= 11 is 0. The highest BCUT2D eigenvalue weighted by atomic mass is 32.2. The van der Waals surface area contributed by atoms with Gasteiger partial charge in [0.2, 0.25) is 10.0 Å². The zero-order valence-electron chi connectivity index (χ0n) is 15.9. The van der Waals surface area contributed by atoms with Crippen molar-refractivity contribution in [3.63, 3.8) is 0 Å². The maximum absolute atomic E-state index is 12.5. The Bertz CT molecular complexity index is 728. The molecule has 2 atom stereocenters. The number of carbonyl (C=O) groups is 1. The molecule has 25 heavy (non-hydrogen) atoms. The molecule has 1 aromatic rings. The van der Waals surface area contributed by atoms with Crippen molar-refractivity contribution in [2.75, 3.05) is 10.6 Å². The minimum Gasteiger partial charge on any atom is -0.350 e. The Labute approximate surface area is 151 Å². The molecule has 140 valence electrons. The summed E-state index contributed by atoms with van der Waals surface area (Å²) in [7, 11) is -3.30. The van der Waals surface area contributed by atoms with E-state index in [0.29, 0.717) is 23.6 Å². The minimum absolute atomic E-state index is 0.0923. The Morgan fingerprint density at radius 1 is 1.28 bits per heavy atom. The van der Waals surface area contributed by atoms with Gasteiger partial charge in [-0.2, -0.15) is 0 Å². The summed E-state index contributed by atoms with van der Waals surface area (Å²) in [6, 6.07) is 5.31. The third kappa shape index (κ3) is 4.97. The van der Waals surface area contributed by atoms with Crippen molar-refractivity contribution in [2.24, 2.45) is 5.92 Å². The number of rotatable bonds is 7. The lowest BCUT2D eigenvalue weighted by Crippen LogP contribution is -2.34. The largest absolute Gasteiger partial charge is 0.350 e. The van der Waals surface area contributed by atoms with Gasteiger partial charge < -0.3 is 5.32 Å². The predicted molar refractivity (Wildman–Crippen MR) is 103 cm³/mol. The van der Waals surface area contributed by atoms with Crippen molar-refractivity contribution in [3.8, 4) is 0 Å². The van der Waals surface area contributed by atoms with Gasteiger partial charge in [-0.05, 0) is 56.4 Å². The number of carbonyl (C=O) groups excluding carboxylic acids is 1. The third-order valence-corrected chi connectivity index (χ3v) is 5.92. The summed E-state index contributed by atoms with van der Waals surface area (Å²) in [4.78, 5) is 12.5. The number of benzene rings is 1. The number of amides is 1. The van der Waals surface area contributed by atoms with Crippen LogP contribution in [-0.4, -0.2) is 32.7 Å². The lowest BCUT2D eigenvalue weighted by atomic mass is 10.0. The molecule has 0 aromatic heterocycles. The Morgan fingerprint density at radius 2 is 1.96 bits per heavy atom. The molecule has 0 saturated heterocycles. The van der Waals surface area contributed by atoms with Gasteiger partial charge in [0.15, 0.2) is 0 Å². The molecule has 1 N–H and O–H groups in total. The lowest BCUT2D eigenvalue weighted by Gasteiger charge is -2.22. The van der Waals surface area contributed by atoms with Gasteiger partial charge in [0, 0.05) is 17.6 Å². The molecule has 1 aliphatic rings. The fourth-order valence-corrected chi connectivity index (χ4v) is 4.72. The number of fused-ring (bicyclic) bond motifs is 1. The summed E-state index contributed by atoms with van der Waals surface area (Å²) < 4.78 is 25.4. The van der Waals surface area contributed by atoms with Crippen LogP contribution in [0.1, 0.15) is 62.9 Å². The number of nitrogens with zero attached hydrogens (tertiary/aromatic N) is 1. The van der Waals surface area contributed by atoms with E-state index < -0.39 is 10.0 Å². The molecule has 2 unspecified atom stereocenters. The molecule has 0 saturated carbocycles. The van der Waals surface area contributed by atoms with Gasteiger partial charge in [0.05, 0.1) is 11.9 Å². The maximum Gasteiger partial charge on any atom is 0.251 e. The zero-order chi connectivity index (χ0) is 18.8. The van der Waals surface area contributed by atoms with E-state index in [-0.39, 0.29) is 18.0 Å². The summed E-state index contributed by atoms with van der Waals surface area (Å²) in [6.07, 6.45) is 5.09. The average Bonchev–Trinajstić information content (AvgIpc) is 2.81. The molecule has 0 aliphatic carbocycles. The van der Waals surface area contributed by atoms with Crippen LogP contribution in [0.5, 0.6) is 0 Å². The quantitative estimate of drug-likeness (QED) is 0.805. The van der Waals surface area contributed by atoms with Crippen LogP contribution in [0.2, 0.25) is 0 Å². The van der Waals surface area contributed by atoms with E-state index in [2.05, 4.69) is 19.2 Å². The second kappa shape index (κ2) is 7.77. The van der Waals surface area contributed by atoms with E-state index in [9.17, 15) is 13.2 Å². The Kier molecular flexibility index (Phi) is 6.14. The zero-order valence-corrected chi connectivity index (χ0v) is 16.7. The van der Waals surface area contributed by atoms with Gasteiger partial charge in [-0.3, -0.25) is 9.10 Å². The normalized spacial score (nSPS) is 18.3. The molecule has 0 radical (unpaired) electrons. The first-order valence-corrected chi connectivity index (χ1v) is 10.9. The second-order valence-corrected chi connectivity index (χ2v) is 9.51. The first-order chi connectivity index (χ1) is 11.6. The van der Waals surface area contributed by atoms with Crippen LogP contribution in [0, 0.1) is 5.92 Å². The van der Waals surface area contributed by atoms with Gasteiger partial charge in [-0.15, -0.1) is 0 Å². The van der Waals surface area contributed by atoms with E-state index in [1.165, 1.54) is 10.6 Å². The molecule has 1 heterocycles. The summed E-state index contributed by atoms with van der Waals surface area (Å²) in [6.45, 7) is 8.32. The molecule has 0 bridgehead atoms. The van der Waals surface area contributed by atoms with Crippen LogP contribution >= 0.6 is 0 Å². The first-order valence-electron chi connectivity index (χ1n) is 9.02. The Balaban J connectivity index is 2.05. The van der Waals surface area contributed by atoms with Crippen molar-refractivity contribution in [1.29, 1.82) is 0 Å². The summed E-state index contributed by atoms with van der Waals surface area (Å²) in [5.74, 6) is 0.588. The molecule has 0 fully saturated rings. The van der Waals surface area contributed by atoms with E-state index >= 15 is 0 Å². The smallest absolute Gasteiger partial charge is 0.251 e. The SMILES string of the molecule is CC(C)CCCC(C)NC(=O)c1ccc2c(c1)CC(C)N2S(C)(=O)=O. The highest BCUT2D eigenvalue weighted by Crippen LogP contribution is 2.34. The molecule has 5 nitrogen and oxygen atoms in total. The number of nitrogens with one attached hydrogen (secondary N) is 1. The van der Waals surface area contributed by atoms with Crippen molar-refractivity contribution >= 4 is 21.6 Å². The van der Waals surface area contributed by atoms with Gasteiger partial charge in [-0.1, -0.05) is 26.7 Å². The van der Waals surface area contributed by atoms with E-state index in [0.717, 1.165) is 24.8 Å². The summed E-state index contributed by atoms with van der Waals surface area (Å²) in [5, 5.41) is 3.04. The molecule has 6 heteroatoms. The number of hydrogen-bond donors (Lipinski definition) is 1. The molecule has 2 rings (SSSR count). The van der Waals surface area contributed by atoms with E-state index in [4.69, 9.17) is 0 Å². The van der Waals surface area contributed by atoms with Crippen molar-refractivity contribution in [1.82, 2.24) is 5.32 Å². The number of sulfonamides is 1. The lowest BCUT2D eigenvalue weighted by molar-refractivity contribution is 0.0937. The molecule has 1 amide bonds. The van der Waals surface area contributed by atoms with Gasteiger partial charge in [0.25, 0.3) is 5.91 Å². The standard InChI is InChI=1S/C19H30N2O3S/c1-13(2)7-6-8-14(3)20-19(22)16-9-10-18-17(12-16)11-15(4)21(18)25(5,23)24/h9-10,12-15H,6-8,11H2,1-5H3,(H,20,22). The van der Waals surface area contributed by atoms with Crippen LogP contribution < -0.4 is 9.62 Å². The van der Waals surface area contributed by atoms with Gasteiger partial charge >= 0.3 is 0 Å². The number of anilines is 1. The van der Waals surface area contributed by atoms with Crippen LogP contribution in [0.3, 0.4) is 0 Å². The van der Waals surface area contributed by atoms with E-state index in [1.807, 2.05) is 19.9 Å². The first kappa shape index (κ1) is 19.8. The Morgan fingerprint density at radius 3 is 2.56 bits per heavy atom. The van der Waals surface area contributed by atoms with Crippen molar-refractivity contribution < 1.29 is 13.2 Å². The molecular formula is C19H30N2O3S. The van der Waals surface area contributed by atoms with Crippen LogP contribution in [0.25, 0.3) is 0 Å². The van der Waals surface area contributed by atoms with Crippen LogP contribution in [0.15, 0.2) is 18.2 Å². The highest BCUT2D eigenvalue weighted by Gasteiger charge is 2.32. The highest BCUT2D eigenvalue weighted by molar-refractivity contribution is 7.92. The predicted octanol–water partition coefficient (Wildman–Crippen LogP) is 3.34.